The Morgan fingerprint density at radius 2 is 2.00 bits per heavy atom. The van der Waals surface area contributed by atoms with Gasteiger partial charge in [-0.2, -0.15) is 0 Å². The molecule has 0 aliphatic rings. The van der Waals surface area contributed by atoms with E-state index < -0.39 is 0 Å². The Bertz CT molecular complexity index is 382. The SMILES string of the molecule is C#CCCNc1cc(OCC)ccc1OCC. The van der Waals surface area contributed by atoms with Crippen LogP contribution >= 0.6 is 0 Å². The lowest BCUT2D eigenvalue weighted by Gasteiger charge is -2.13. The predicted molar refractivity (Wildman–Crippen MR) is 70.7 cm³/mol. The second-order valence-electron chi connectivity index (χ2n) is 3.40. The van der Waals surface area contributed by atoms with Crippen LogP contribution in [0.2, 0.25) is 0 Å². The van der Waals surface area contributed by atoms with Gasteiger partial charge in [0.25, 0.3) is 0 Å². The maximum Gasteiger partial charge on any atom is 0.142 e. The van der Waals surface area contributed by atoms with Gasteiger partial charge >= 0.3 is 0 Å². The van der Waals surface area contributed by atoms with E-state index in [2.05, 4.69) is 11.2 Å². The number of hydrogen-bond acceptors (Lipinski definition) is 3. The van der Waals surface area contributed by atoms with Crippen LogP contribution in [0.15, 0.2) is 18.2 Å². The molecule has 0 atom stereocenters. The molecule has 0 aromatic heterocycles. The van der Waals surface area contributed by atoms with E-state index in [4.69, 9.17) is 15.9 Å². The predicted octanol–water partition coefficient (Wildman–Crippen LogP) is 2.92. The van der Waals surface area contributed by atoms with Crippen molar-refractivity contribution in [2.75, 3.05) is 25.1 Å². The molecule has 3 nitrogen and oxygen atoms in total. The molecule has 0 fully saturated rings. The average Bonchev–Trinajstić information content (AvgIpc) is 2.33. The second kappa shape index (κ2) is 7.45. The Morgan fingerprint density at radius 3 is 2.65 bits per heavy atom. The number of rotatable bonds is 7. The Balaban J connectivity index is 2.78. The molecule has 92 valence electrons. The Kier molecular flexibility index (Phi) is 5.81. The molecule has 1 N–H and O–H groups in total. The highest BCUT2D eigenvalue weighted by Crippen LogP contribution is 2.29. The number of anilines is 1. The summed E-state index contributed by atoms with van der Waals surface area (Å²) in [4.78, 5) is 0. The zero-order valence-corrected chi connectivity index (χ0v) is 10.5. The number of hydrogen-bond donors (Lipinski definition) is 1. The number of nitrogens with one attached hydrogen (secondary N) is 1. The standard InChI is InChI=1S/C14H19NO2/c1-4-7-10-15-13-11-12(16-5-2)8-9-14(13)17-6-3/h1,8-9,11,15H,5-7,10H2,2-3H3. The van der Waals surface area contributed by atoms with Gasteiger partial charge in [-0.05, 0) is 26.0 Å². The normalized spacial score (nSPS) is 9.47. The van der Waals surface area contributed by atoms with E-state index in [1.807, 2.05) is 32.0 Å². The first-order valence-electron chi connectivity index (χ1n) is 5.88. The first-order chi connectivity index (χ1) is 8.31. The molecule has 3 heteroatoms. The molecule has 0 radical (unpaired) electrons. The van der Waals surface area contributed by atoms with E-state index in [1.54, 1.807) is 0 Å². The largest absolute Gasteiger partial charge is 0.494 e. The summed E-state index contributed by atoms with van der Waals surface area (Å²) in [5, 5.41) is 3.25. The molecule has 0 saturated carbocycles. The molecular formula is C14H19NO2. The van der Waals surface area contributed by atoms with Crippen molar-refractivity contribution in [3.8, 4) is 23.8 Å². The molecule has 1 aromatic rings. The van der Waals surface area contributed by atoms with Crippen molar-refractivity contribution in [2.45, 2.75) is 20.3 Å². The minimum Gasteiger partial charge on any atom is -0.494 e. The lowest BCUT2D eigenvalue weighted by atomic mass is 10.2. The number of terminal acetylenes is 1. The van der Waals surface area contributed by atoms with Gasteiger partial charge in [-0.1, -0.05) is 0 Å². The number of benzene rings is 1. The maximum atomic E-state index is 5.53. The zero-order valence-electron chi connectivity index (χ0n) is 10.5. The fraction of sp³-hybridized carbons (Fsp3) is 0.429. The molecule has 0 aliphatic heterocycles. The van der Waals surface area contributed by atoms with Crippen LogP contribution in [0.25, 0.3) is 0 Å². The molecule has 0 heterocycles. The molecule has 0 amide bonds. The average molecular weight is 233 g/mol. The van der Waals surface area contributed by atoms with Crippen LogP contribution in [-0.4, -0.2) is 19.8 Å². The summed E-state index contributed by atoms with van der Waals surface area (Å²) in [6.45, 7) is 5.94. The summed E-state index contributed by atoms with van der Waals surface area (Å²) in [7, 11) is 0. The highest BCUT2D eigenvalue weighted by molar-refractivity contribution is 5.59. The second-order valence-corrected chi connectivity index (χ2v) is 3.40. The van der Waals surface area contributed by atoms with Crippen LogP contribution in [0.5, 0.6) is 11.5 Å². The maximum absolute atomic E-state index is 5.53. The van der Waals surface area contributed by atoms with E-state index in [-0.39, 0.29) is 0 Å². The van der Waals surface area contributed by atoms with E-state index in [1.165, 1.54) is 0 Å². The first kappa shape index (κ1) is 13.2. The minimum atomic E-state index is 0.637. The molecule has 0 unspecified atom stereocenters. The minimum absolute atomic E-state index is 0.637. The van der Waals surface area contributed by atoms with Crippen LogP contribution in [0, 0.1) is 12.3 Å². The van der Waals surface area contributed by atoms with Gasteiger partial charge in [0, 0.05) is 19.0 Å². The molecule has 0 spiro atoms. The molecule has 0 aliphatic carbocycles. The zero-order chi connectivity index (χ0) is 12.5. The van der Waals surface area contributed by atoms with Crippen LogP contribution in [0.1, 0.15) is 20.3 Å². The van der Waals surface area contributed by atoms with Gasteiger partial charge in [0.1, 0.15) is 11.5 Å². The Labute approximate surface area is 103 Å². The highest BCUT2D eigenvalue weighted by Gasteiger charge is 2.04. The topological polar surface area (TPSA) is 30.5 Å². The van der Waals surface area contributed by atoms with Crippen molar-refractivity contribution >= 4 is 5.69 Å². The fourth-order valence-corrected chi connectivity index (χ4v) is 1.45. The van der Waals surface area contributed by atoms with Crippen LogP contribution in [-0.2, 0) is 0 Å². The van der Waals surface area contributed by atoms with Crippen LogP contribution < -0.4 is 14.8 Å². The summed E-state index contributed by atoms with van der Waals surface area (Å²) >= 11 is 0. The monoisotopic (exact) mass is 233 g/mol. The van der Waals surface area contributed by atoms with Crippen LogP contribution in [0.4, 0.5) is 5.69 Å². The molecule has 1 aromatic carbocycles. The molecule has 0 bridgehead atoms. The lowest BCUT2D eigenvalue weighted by molar-refractivity contribution is 0.332. The van der Waals surface area contributed by atoms with E-state index in [0.29, 0.717) is 19.6 Å². The van der Waals surface area contributed by atoms with Gasteiger partial charge in [0.15, 0.2) is 0 Å². The van der Waals surface area contributed by atoms with E-state index >= 15 is 0 Å². The van der Waals surface area contributed by atoms with Gasteiger partial charge < -0.3 is 14.8 Å². The van der Waals surface area contributed by atoms with Gasteiger partial charge in [0.2, 0.25) is 0 Å². The van der Waals surface area contributed by atoms with Crippen molar-refractivity contribution in [1.29, 1.82) is 0 Å². The van der Waals surface area contributed by atoms with Crippen LogP contribution in [0.3, 0.4) is 0 Å². The summed E-state index contributed by atoms with van der Waals surface area (Å²) in [6.07, 6.45) is 5.91. The first-order valence-corrected chi connectivity index (χ1v) is 5.88. The van der Waals surface area contributed by atoms with Gasteiger partial charge in [-0.25, -0.2) is 0 Å². The fourth-order valence-electron chi connectivity index (χ4n) is 1.45. The Morgan fingerprint density at radius 1 is 1.24 bits per heavy atom. The van der Waals surface area contributed by atoms with Gasteiger partial charge in [-0.15, -0.1) is 12.3 Å². The van der Waals surface area contributed by atoms with Crippen molar-refractivity contribution in [2.24, 2.45) is 0 Å². The summed E-state index contributed by atoms with van der Waals surface area (Å²) in [5.41, 5.74) is 0.924. The van der Waals surface area contributed by atoms with Crippen molar-refractivity contribution < 1.29 is 9.47 Å². The number of ether oxygens (including phenoxy) is 2. The molecule has 1 rings (SSSR count). The molecule has 17 heavy (non-hydrogen) atoms. The molecule has 0 saturated heterocycles. The smallest absolute Gasteiger partial charge is 0.142 e. The lowest BCUT2D eigenvalue weighted by Crippen LogP contribution is -2.04. The quantitative estimate of drug-likeness (QED) is 0.580. The van der Waals surface area contributed by atoms with E-state index in [9.17, 15) is 0 Å². The Hall–Kier alpha value is -1.82. The third-order valence-corrected chi connectivity index (χ3v) is 2.15. The third-order valence-electron chi connectivity index (χ3n) is 2.15. The van der Waals surface area contributed by atoms with E-state index in [0.717, 1.165) is 23.7 Å². The van der Waals surface area contributed by atoms with Crippen molar-refractivity contribution in [3.05, 3.63) is 18.2 Å². The van der Waals surface area contributed by atoms with Crippen molar-refractivity contribution in [3.63, 3.8) is 0 Å². The van der Waals surface area contributed by atoms with Gasteiger partial charge in [-0.3, -0.25) is 0 Å². The highest BCUT2D eigenvalue weighted by atomic mass is 16.5. The summed E-state index contributed by atoms with van der Waals surface area (Å²) < 4.78 is 11.0. The molecular weight excluding hydrogens is 214 g/mol. The van der Waals surface area contributed by atoms with Crippen molar-refractivity contribution in [1.82, 2.24) is 0 Å². The van der Waals surface area contributed by atoms with Gasteiger partial charge in [0.05, 0.1) is 18.9 Å². The summed E-state index contributed by atoms with van der Waals surface area (Å²) in [5.74, 6) is 4.25. The third kappa shape index (κ3) is 4.28. The summed E-state index contributed by atoms with van der Waals surface area (Å²) in [6, 6.07) is 5.75.